The zero-order chi connectivity index (χ0) is 13.0. The number of hydrogen-bond acceptors (Lipinski definition) is 4. The van der Waals surface area contributed by atoms with Gasteiger partial charge in [-0.3, -0.25) is 4.79 Å². The van der Waals surface area contributed by atoms with Gasteiger partial charge in [0.15, 0.2) is 0 Å². The van der Waals surface area contributed by atoms with Crippen molar-refractivity contribution in [3.63, 3.8) is 0 Å². The van der Waals surface area contributed by atoms with Crippen molar-refractivity contribution < 1.29 is 14.3 Å². The highest BCUT2D eigenvalue weighted by atomic mass is 35.5. The van der Waals surface area contributed by atoms with Crippen LogP contribution >= 0.6 is 12.4 Å². The van der Waals surface area contributed by atoms with E-state index in [4.69, 9.17) is 9.47 Å². The molecule has 0 aromatic heterocycles. The number of halogens is 1. The number of morpholine rings is 1. The van der Waals surface area contributed by atoms with E-state index in [2.05, 4.69) is 5.32 Å². The van der Waals surface area contributed by atoms with Gasteiger partial charge in [0.25, 0.3) is 0 Å². The zero-order valence-corrected chi connectivity index (χ0v) is 12.6. The molecule has 2 aliphatic rings. The van der Waals surface area contributed by atoms with E-state index in [9.17, 15) is 4.79 Å². The molecule has 0 saturated carbocycles. The summed E-state index contributed by atoms with van der Waals surface area (Å²) >= 11 is 0. The molecular weight excluding hydrogens is 268 g/mol. The lowest BCUT2D eigenvalue weighted by atomic mass is 10.0. The molecule has 3 atom stereocenters. The van der Waals surface area contributed by atoms with Crippen LogP contribution in [0.25, 0.3) is 0 Å². The fourth-order valence-electron chi connectivity index (χ4n) is 2.68. The van der Waals surface area contributed by atoms with Gasteiger partial charge in [-0.2, -0.15) is 0 Å². The smallest absolute Gasteiger partial charge is 0.242 e. The number of amides is 1. The van der Waals surface area contributed by atoms with Gasteiger partial charge in [-0.1, -0.05) is 0 Å². The molecule has 2 rings (SSSR count). The van der Waals surface area contributed by atoms with Crippen molar-refractivity contribution in [3.8, 4) is 0 Å². The average molecular weight is 293 g/mol. The summed E-state index contributed by atoms with van der Waals surface area (Å²) in [7, 11) is 1.87. The molecule has 0 aliphatic carbocycles. The maximum absolute atomic E-state index is 12.3. The molecule has 2 fully saturated rings. The Morgan fingerprint density at radius 2 is 2.21 bits per heavy atom. The third kappa shape index (κ3) is 4.60. The van der Waals surface area contributed by atoms with Crippen molar-refractivity contribution in [2.24, 2.45) is 5.92 Å². The number of nitrogens with one attached hydrogen (secondary N) is 1. The first-order valence-corrected chi connectivity index (χ1v) is 6.86. The highest BCUT2D eigenvalue weighted by Gasteiger charge is 2.31. The second kappa shape index (κ2) is 8.04. The number of carbonyl (C=O) groups excluding carboxylic acids is 1. The second-order valence-electron chi connectivity index (χ2n) is 5.31. The molecule has 0 radical (unpaired) electrons. The van der Waals surface area contributed by atoms with Crippen molar-refractivity contribution in [1.29, 1.82) is 0 Å². The maximum Gasteiger partial charge on any atom is 0.242 e. The minimum Gasteiger partial charge on any atom is -0.381 e. The van der Waals surface area contributed by atoms with Crippen LogP contribution in [0.5, 0.6) is 0 Å². The Hall–Kier alpha value is -0.360. The van der Waals surface area contributed by atoms with Crippen LogP contribution in [0, 0.1) is 5.92 Å². The second-order valence-corrected chi connectivity index (χ2v) is 5.31. The Kier molecular flexibility index (Phi) is 7.07. The monoisotopic (exact) mass is 292 g/mol. The Labute approximate surface area is 121 Å². The predicted octanol–water partition coefficient (Wildman–Crippen LogP) is 0.670. The SMILES string of the molecule is C[C@H]1OCCN[C@@H]1C(=O)N(C)CC1CCCOC1.Cl. The molecule has 1 N–H and O–H groups in total. The van der Waals surface area contributed by atoms with Crippen LogP contribution in [0.2, 0.25) is 0 Å². The lowest BCUT2D eigenvalue weighted by Gasteiger charge is -2.34. The average Bonchev–Trinajstić information content (AvgIpc) is 2.39. The van der Waals surface area contributed by atoms with Gasteiger partial charge in [0.05, 0.1) is 19.3 Å². The van der Waals surface area contributed by atoms with Gasteiger partial charge in [-0.25, -0.2) is 0 Å². The van der Waals surface area contributed by atoms with Gasteiger partial charge in [0.2, 0.25) is 5.91 Å². The quantitative estimate of drug-likeness (QED) is 0.831. The van der Waals surface area contributed by atoms with E-state index in [0.29, 0.717) is 12.5 Å². The Bertz CT molecular complexity index is 285. The fraction of sp³-hybridized carbons (Fsp3) is 0.923. The number of carbonyl (C=O) groups is 1. The number of nitrogens with zero attached hydrogens (tertiary/aromatic N) is 1. The van der Waals surface area contributed by atoms with Crippen LogP contribution in [0.4, 0.5) is 0 Å². The molecule has 19 heavy (non-hydrogen) atoms. The predicted molar refractivity (Wildman–Crippen MR) is 75.6 cm³/mol. The minimum absolute atomic E-state index is 0. The fourth-order valence-corrected chi connectivity index (χ4v) is 2.68. The molecule has 0 aromatic rings. The summed E-state index contributed by atoms with van der Waals surface area (Å²) < 4.78 is 11.0. The lowest BCUT2D eigenvalue weighted by molar-refractivity contribution is -0.139. The first-order valence-electron chi connectivity index (χ1n) is 6.86. The molecule has 1 unspecified atom stereocenters. The summed E-state index contributed by atoms with van der Waals surface area (Å²) in [5.74, 6) is 0.611. The number of hydrogen-bond donors (Lipinski definition) is 1. The van der Waals surface area contributed by atoms with E-state index in [0.717, 1.165) is 39.1 Å². The molecule has 1 amide bonds. The highest BCUT2D eigenvalue weighted by molar-refractivity contribution is 5.85. The number of rotatable bonds is 3. The van der Waals surface area contributed by atoms with E-state index < -0.39 is 0 Å². The van der Waals surface area contributed by atoms with Crippen molar-refractivity contribution in [2.45, 2.75) is 31.9 Å². The van der Waals surface area contributed by atoms with Crippen LogP contribution in [0.1, 0.15) is 19.8 Å². The first kappa shape index (κ1) is 16.7. The molecule has 0 aromatic carbocycles. The van der Waals surface area contributed by atoms with Gasteiger partial charge in [-0.15, -0.1) is 12.4 Å². The summed E-state index contributed by atoms with van der Waals surface area (Å²) in [5, 5.41) is 3.24. The topological polar surface area (TPSA) is 50.8 Å². The molecule has 2 heterocycles. The van der Waals surface area contributed by atoms with E-state index in [1.54, 1.807) is 0 Å². The van der Waals surface area contributed by atoms with Gasteiger partial charge < -0.3 is 19.7 Å². The Morgan fingerprint density at radius 3 is 2.84 bits per heavy atom. The molecule has 0 bridgehead atoms. The van der Waals surface area contributed by atoms with Crippen molar-refractivity contribution in [3.05, 3.63) is 0 Å². The summed E-state index contributed by atoms with van der Waals surface area (Å²) in [6, 6.07) is -0.201. The zero-order valence-electron chi connectivity index (χ0n) is 11.8. The van der Waals surface area contributed by atoms with Gasteiger partial charge in [0.1, 0.15) is 6.04 Å². The van der Waals surface area contributed by atoms with Crippen molar-refractivity contribution >= 4 is 18.3 Å². The van der Waals surface area contributed by atoms with Crippen LogP contribution in [0.3, 0.4) is 0 Å². The first-order chi connectivity index (χ1) is 8.68. The molecular formula is C13H25ClN2O3. The molecule has 2 aliphatic heterocycles. The van der Waals surface area contributed by atoms with Crippen molar-refractivity contribution in [1.82, 2.24) is 10.2 Å². The third-order valence-corrected chi connectivity index (χ3v) is 3.75. The number of likely N-dealkylation sites (N-methyl/N-ethyl adjacent to an activating group) is 1. The van der Waals surface area contributed by atoms with E-state index >= 15 is 0 Å². The van der Waals surface area contributed by atoms with Crippen LogP contribution in [0.15, 0.2) is 0 Å². The number of ether oxygens (including phenoxy) is 2. The molecule has 6 heteroatoms. The molecule has 2 saturated heterocycles. The van der Waals surface area contributed by atoms with Crippen LogP contribution in [-0.2, 0) is 14.3 Å². The standard InChI is InChI=1S/C13H24N2O3.ClH/c1-10-12(14-5-7-18-10)13(16)15(2)8-11-4-3-6-17-9-11;/h10-12,14H,3-9H2,1-2H3;1H/t10-,11?,12+;/m1./s1. The summed E-state index contributed by atoms with van der Waals surface area (Å²) in [5.41, 5.74) is 0. The maximum atomic E-state index is 12.3. The van der Waals surface area contributed by atoms with E-state index in [1.165, 1.54) is 0 Å². The summed E-state index contributed by atoms with van der Waals surface area (Å²) in [6.45, 7) is 5.81. The summed E-state index contributed by atoms with van der Waals surface area (Å²) in [4.78, 5) is 14.1. The summed E-state index contributed by atoms with van der Waals surface area (Å²) in [6.07, 6.45) is 2.21. The Balaban J connectivity index is 0.00000180. The minimum atomic E-state index is -0.201. The highest BCUT2D eigenvalue weighted by Crippen LogP contribution is 2.15. The molecule has 0 spiro atoms. The van der Waals surface area contributed by atoms with Crippen LogP contribution in [-0.4, -0.2) is 62.9 Å². The normalized spacial score (nSPS) is 31.4. The largest absolute Gasteiger partial charge is 0.381 e. The molecule has 112 valence electrons. The van der Waals surface area contributed by atoms with Crippen LogP contribution < -0.4 is 5.32 Å². The van der Waals surface area contributed by atoms with Gasteiger partial charge in [0, 0.05) is 26.7 Å². The van der Waals surface area contributed by atoms with Crippen molar-refractivity contribution in [2.75, 3.05) is 40.0 Å². The van der Waals surface area contributed by atoms with Gasteiger partial charge in [-0.05, 0) is 25.7 Å². The Morgan fingerprint density at radius 1 is 1.42 bits per heavy atom. The van der Waals surface area contributed by atoms with E-state index in [1.807, 2.05) is 18.9 Å². The van der Waals surface area contributed by atoms with Gasteiger partial charge >= 0.3 is 0 Å². The lowest BCUT2D eigenvalue weighted by Crippen LogP contribution is -2.56. The van der Waals surface area contributed by atoms with E-state index in [-0.39, 0.29) is 30.5 Å². The third-order valence-electron chi connectivity index (χ3n) is 3.75. The molecule has 5 nitrogen and oxygen atoms in total.